The van der Waals surface area contributed by atoms with Gasteiger partial charge >= 0.3 is 0 Å². The molecule has 1 aromatic carbocycles. The smallest absolute Gasteiger partial charge is 0.240 e. The number of ether oxygens (including phenoxy) is 2. The van der Waals surface area contributed by atoms with E-state index in [-0.39, 0.29) is 23.9 Å². The van der Waals surface area contributed by atoms with Gasteiger partial charge in [0.2, 0.25) is 10.0 Å². The molecule has 6 heteroatoms. The Morgan fingerprint density at radius 2 is 1.91 bits per heavy atom. The second-order valence-electron chi connectivity index (χ2n) is 7.34. The van der Waals surface area contributed by atoms with Crippen LogP contribution in [0.15, 0.2) is 23.1 Å². The quantitative estimate of drug-likeness (QED) is 0.861. The zero-order chi connectivity index (χ0) is 16.2. The molecule has 2 aliphatic heterocycles. The molecule has 0 spiro atoms. The molecule has 0 amide bonds. The van der Waals surface area contributed by atoms with Crippen LogP contribution in [-0.2, 0) is 14.8 Å². The molecule has 4 rings (SSSR count). The van der Waals surface area contributed by atoms with Crippen molar-refractivity contribution in [1.29, 1.82) is 0 Å². The molecule has 5 nitrogen and oxygen atoms in total. The van der Waals surface area contributed by atoms with Crippen LogP contribution in [0.4, 0.5) is 0 Å². The van der Waals surface area contributed by atoms with Gasteiger partial charge in [0, 0.05) is 11.6 Å². The Morgan fingerprint density at radius 3 is 2.65 bits per heavy atom. The standard InChI is InChI=1S/C17H23NO4S/c1-17(2)16-15(21-16)13-10-12(8-9-14(13)22-17)23(19,20)18-11-6-4-3-5-7-11/h8-11,15-16,18H,3-7H2,1-2H3/t15-,16-/m0/s1. The van der Waals surface area contributed by atoms with Crippen molar-refractivity contribution >= 4 is 10.0 Å². The third-order valence-corrected chi connectivity index (χ3v) is 6.59. The van der Waals surface area contributed by atoms with Crippen molar-refractivity contribution in [3.05, 3.63) is 23.8 Å². The van der Waals surface area contributed by atoms with Crippen LogP contribution in [-0.4, -0.2) is 26.2 Å². The van der Waals surface area contributed by atoms with Crippen LogP contribution in [0.2, 0.25) is 0 Å². The fourth-order valence-electron chi connectivity index (χ4n) is 3.74. The number of benzene rings is 1. The third kappa shape index (κ3) is 2.77. The molecule has 1 saturated carbocycles. The van der Waals surface area contributed by atoms with Gasteiger partial charge in [-0.2, -0.15) is 0 Å². The second-order valence-corrected chi connectivity index (χ2v) is 9.05. The van der Waals surface area contributed by atoms with Gasteiger partial charge in [-0.05, 0) is 44.9 Å². The lowest BCUT2D eigenvalue weighted by molar-refractivity contribution is 0.0724. The Morgan fingerprint density at radius 1 is 1.17 bits per heavy atom. The Bertz CT molecular complexity index is 722. The average Bonchev–Trinajstić information content (AvgIpc) is 3.29. The molecule has 0 aromatic heterocycles. The van der Waals surface area contributed by atoms with E-state index in [1.165, 1.54) is 6.42 Å². The Balaban J connectivity index is 1.59. The summed E-state index contributed by atoms with van der Waals surface area (Å²) >= 11 is 0. The predicted molar refractivity (Wildman–Crippen MR) is 86.0 cm³/mol. The summed E-state index contributed by atoms with van der Waals surface area (Å²) in [7, 11) is -3.49. The molecule has 3 aliphatic rings. The lowest BCUT2D eigenvalue weighted by atomic mass is 9.94. The summed E-state index contributed by atoms with van der Waals surface area (Å²) in [6.45, 7) is 3.99. The largest absolute Gasteiger partial charge is 0.485 e. The van der Waals surface area contributed by atoms with Crippen LogP contribution in [0.25, 0.3) is 0 Å². The molecule has 1 aliphatic carbocycles. The normalized spacial score (nSPS) is 29.3. The molecule has 0 unspecified atom stereocenters. The van der Waals surface area contributed by atoms with E-state index < -0.39 is 10.0 Å². The van der Waals surface area contributed by atoms with E-state index in [9.17, 15) is 8.42 Å². The monoisotopic (exact) mass is 337 g/mol. The van der Waals surface area contributed by atoms with Crippen LogP contribution in [0.3, 0.4) is 0 Å². The molecule has 126 valence electrons. The fraction of sp³-hybridized carbons (Fsp3) is 0.647. The number of hydrogen-bond donors (Lipinski definition) is 1. The minimum atomic E-state index is -3.49. The average molecular weight is 337 g/mol. The van der Waals surface area contributed by atoms with Crippen molar-refractivity contribution in [2.45, 2.75) is 74.7 Å². The van der Waals surface area contributed by atoms with Gasteiger partial charge in [0.1, 0.15) is 23.6 Å². The number of fused-ring (bicyclic) bond motifs is 3. The zero-order valence-corrected chi connectivity index (χ0v) is 14.4. The number of epoxide rings is 1. The van der Waals surface area contributed by atoms with Crippen molar-refractivity contribution in [1.82, 2.24) is 4.72 Å². The van der Waals surface area contributed by atoms with Gasteiger partial charge in [0.25, 0.3) is 0 Å². The number of rotatable bonds is 3. The van der Waals surface area contributed by atoms with E-state index in [1.807, 2.05) is 13.8 Å². The first-order valence-corrected chi connectivity index (χ1v) is 9.86. The van der Waals surface area contributed by atoms with Crippen LogP contribution < -0.4 is 9.46 Å². The van der Waals surface area contributed by atoms with Gasteiger partial charge in [0.15, 0.2) is 0 Å². The Kier molecular flexibility index (Phi) is 3.48. The number of nitrogens with one attached hydrogen (secondary N) is 1. The molecule has 1 aromatic rings. The van der Waals surface area contributed by atoms with Crippen LogP contribution >= 0.6 is 0 Å². The van der Waals surface area contributed by atoms with Gasteiger partial charge < -0.3 is 9.47 Å². The highest BCUT2D eigenvalue weighted by Gasteiger charge is 2.56. The van der Waals surface area contributed by atoms with Crippen molar-refractivity contribution in [3.8, 4) is 5.75 Å². The molecule has 1 saturated heterocycles. The van der Waals surface area contributed by atoms with Gasteiger partial charge in [-0.3, -0.25) is 0 Å². The zero-order valence-electron chi connectivity index (χ0n) is 13.5. The molecule has 2 atom stereocenters. The highest BCUT2D eigenvalue weighted by atomic mass is 32.2. The van der Waals surface area contributed by atoms with Crippen LogP contribution in [0.1, 0.15) is 57.6 Å². The fourth-order valence-corrected chi connectivity index (χ4v) is 5.08. The summed E-state index contributed by atoms with van der Waals surface area (Å²) in [6, 6.07) is 5.15. The Hall–Kier alpha value is -1.11. The maximum absolute atomic E-state index is 12.6. The topological polar surface area (TPSA) is 67.9 Å². The minimum absolute atomic E-state index is 0.0132. The SMILES string of the molecule is CC1(C)Oc2ccc(S(=O)(=O)NC3CCCCC3)cc2[C@@H]2O[C@@H]21. The van der Waals surface area contributed by atoms with E-state index in [1.54, 1.807) is 18.2 Å². The van der Waals surface area contributed by atoms with Gasteiger partial charge in [-0.1, -0.05) is 19.3 Å². The van der Waals surface area contributed by atoms with Crippen molar-refractivity contribution in [2.75, 3.05) is 0 Å². The van der Waals surface area contributed by atoms with Crippen molar-refractivity contribution in [2.24, 2.45) is 0 Å². The molecule has 2 heterocycles. The summed E-state index contributed by atoms with van der Waals surface area (Å²) in [5.74, 6) is 0.727. The van der Waals surface area contributed by atoms with Crippen molar-refractivity contribution in [3.63, 3.8) is 0 Å². The maximum atomic E-state index is 12.6. The van der Waals surface area contributed by atoms with Crippen LogP contribution in [0, 0.1) is 0 Å². The Labute approximate surface area is 137 Å². The lowest BCUT2D eigenvalue weighted by Gasteiger charge is -2.29. The molecular formula is C17H23NO4S. The first-order valence-electron chi connectivity index (χ1n) is 8.38. The summed E-state index contributed by atoms with van der Waals surface area (Å²) in [4.78, 5) is 0.305. The molecule has 1 N–H and O–H groups in total. The molecule has 2 fully saturated rings. The third-order valence-electron chi connectivity index (χ3n) is 5.07. The molecule has 0 radical (unpaired) electrons. The summed E-state index contributed by atoms with van der Waals surface area (Å²) in [6.07, 6.45) is 5.21. The van der Waals surface area contributed by atoms with E-state index in [0.717, 1.165) is 37.0 Å². The second kappa shape index (κ2) is 5.19. The minimum Gasteiger partial charge on any atom is -0.485 e. The number of sulfonamides is 1. The maximum Gasteiger partial charge on any atom is 0.240 e. The van der Waals surface area contributed by atoms with Crippen molar-refractivity contribution < 1.29 is 17.9 Å². The van der Waals surface area contributed by atoms with Gasteiger partial charge in [0.05, 0.1) is 4.90 Å². The lowest BCUT2D eigenvalue weighted by Crippen LogP contribution is -2.38. The summed E-state index contributed by atoms with van der Waals surface area (Å²) in [5.41, 5.74) is 0.485. The van der Waals surface area contributed by atoms with Gasteiger partial charge in [-0.15, -0.1) is 0 Å². The van der Waals surface area contributed by atoms with E-state index in [0.29, 0.717) is 4.90 Å². The van der Waals surface area contributed by atoms with E-state index in [4.69, 9.17) is 9.47 Å². The molecule has 23 heavy (non-hydrogen) atoms. The highest BCUT2D eigenvalue weighted by Crippen LogP contribution is 2.53. The summed E-state index contributed by atoms with van der Waals surface area (Å²) < 4.78 is 39.8. The van der Waals surface area contributed by atoms with Gasteiger partial charge in [-0.25, -0.2) is 13.1 Å². The van der Waals surface area contributed by atoms with Crippen LogP contribution in [0.5, 0.6) is 5.75 Å². The number of hydrogen-bond acceptors (Lipinski definition) is 4. The molecular weight excluding hydrogens is 314 g/mol. The van der Waals surface area contributed by atoms with E-state index >= 15 is 0 Å². The first-order chi connectivity index (χ1) is 10.9. The first kappa shape index (κ1) is 15.4. The molecule has 0 bridgehead atoms. The van der Waals surface area contributed by atoms with E-state index in [2.05, 4.69) is 4.72 Å². The summed E-state index contributed by atoms with van der Waals surface area (Å²) in [5, 5.41) is 0. The predicted octanol–water partition coefficient (Wildman–Crippen LogP) is 2.91. The highest BCUT2D eigenvalue weighted by molar-refractivity contribution is 7.89.